The average molecular weight is 384 g/mol. The van der Waals surface area contributed by atoms with E-state index in [0.29, 0.717) is 24.0 Å². The second kappa shape index (κ2) is 10.8. The van der Waals surface area contributed by atoms with Crippen molar-refractivity contribution in [3.05, 3.63) is 71.1 Å². The standard InChI is InChI=1S/C24H29FO3/c1-4-6-18-9-11-22(23(25)16-18)21-10-8-19(7-5-13-26)15-20(21)12-14-28-24(27)17(2)3/h8-11,15-16,26H,2,4-7,12-14H2,1,3H3. The van der Waals surface area contributed by atoms with Crippen LogP contribution in [-0.4, -0.2) is 24.3 Å². The van der Waals surface area contributed by atoms with Crippen molar-refractivity contribution in [2.24, 2.45) is 0 Å². The molecule has 0 aliphatic rings. The molecule has 0 saturated carbocycles. The molecule has 0 heterocycles. The minimum atomic E-state index is -0.423. The first kappa shape index (κ1) is 21.8. The van der Waals surface area contributed by atoms with Crippen molar-refractivity contribution in [3.63, 3.8) is 0 Å². The summed E-state index contributed by atoms with van der Waals surface area (Å²) in [6.45, 7) is 7.59. The highest BCUT2D eigenvalue weighted by atomic mass is 19.1. The minimum absolute atomic E-state index is 0.126. The van der Waals surface area contributed by atoms with Crippen LogP contribution < -0.4 is 0 Å². The second-order valence-corrected chi connectivity index (χ2v) is 7.05. The molecule has 0 amide bonds. The molecule has 0 spiro atoms. The molecule has 2 aromatic carbocycles. The summed E-state index contributed by atoms with van der Waals surface area (Å²) in [5, 5.41) is 9.07. The van der Waals surface area contributed by atoms with Gasteiger partial charge in [-0.05, 0) is 54.5 Å². The summed E-state index contributed by atoms with van der Waals surface area (Å²) in [5.74, 6) is -0.665. The van der Waals surface area contributed by atoms with Crippen molar-refractivity contribution in [3.8, 4) is 11.1 Å². The lowest BCUT2D eigenvalue weighted by Crippen LogP contribution is -2.09. The number of aryl methyl sites for hydroxylation is 2. The lowest BCUT2D eigenvalue weighted by Gasteiger charge is -2.14. The van der Waals surface area contributed by atoms with Gasteiger partial charge in [-0.1, -0.05) is 50.3 Å². The van der Waals surface area contributed by atoms with Crippen molar-refractivity contribution < 1.29 is 19.0 Å². The van der Waals surface area contributed by atoms with Crippen molar-refractivity contribution in [2.45, 2.75) is 46.0 Å². The summed E-state index contributed by atoms with van der Waals surface area (Å²) in [6.07, 6.45) is 3.72. The van der Waals surface area contributed by atoms with Gasteiger partial charge in [-0.25, -0.2) is 9.18 Å². The minimum Gasteiger partial charge on any atom is -0.462 e. The molecule has 0 radical (unpaired) electrons. The van der Waals surface area contributed by atoms with Crippen LogP contribution in [0.2, 0.25) is 0 Å². The van der Waals surface area contributed by atoms with Crippen LogP contribution in [0, 0.1) is 5.82 Å². The van der Waals surface area contributed by atoms with Crippen LogP contribution >= 0.6 is 0 Å². The van der Waals surface area contributed by atoms with Gasteiger partial charge in [0, 0.05) is 24.2 Å². The van der Waals surface area contributed by atoms with Gasteiger partial charge in [-0.3, -0.25) is 0 Å². The Hall–Kier alpha value is -2.46. The largest absolute Gasteiger partial charge is 0.462 e. The number of esters is 1. The van der Waals surface area contributed by atoms with E-state index in [2.05, 4.69) is 13.5 Å². The Balaban J connectivity index is 2.31. The normalized spacial score (nSPS) is 10.7. The summed E-state index contributed by atoms with van der Waals surface area (Å²) in [5.41, 5.74) is 4.69. The highest BCUT2D eigenvalue weighted by molar-refractivity contribution is 5.86. The maximum absolute atomic E-state index is 14.8. The summed E-state index contributed by atoms with van der Waals surface area (Å²) in [6, 6.07) is 11.3. The fourth-order valence-electron chi connectivity index (χ4n) is 3.15. The van der Waals surface area contributed by atoms with E-state index in [0.717, 1.165) is 41.5 Å². The maximum Gasteiger partial charge on any atom is 0.333 e. The molecule has 0 aliphatic carbocycles. The van der Waals surface area contributed by atoms with Gasteiger partial charge in [0.15, 0.2) is 0 Å². The molecule has 28 heavy (non-hydrogen) atoms. The van der Waals surface area contributed by atoms with Gasteiger partial charge in [-0.15, -0.1) is 0 Å². The number of carbonyl (C=O) groups excluding carboxylic acids is 1. The van der Waals surface area contributed by atoms with Crippen molar-refractivity contribution in [1.82, 2.24) is 0 Å². The highest BCUT2D eigenvalue weighted by Gasteiger charge is 2.13. The molecule has 0 unspecified atom stereocenters. The van der Waals surface area contributed by atoms with Crippen LogP contribution in [-0.2, 0) is 28.8 Å². The topological polar surface area (TPSA) is 46.5 Å². The second-order valence-electron chi connectivity index (χ2n) is 7.05. The first-order valence-corrected chi connectivity index (χ1v) is 9.80. The third-order valence-electron chi connectivity index (χ3n) is 4.61. The molecular formula is C24H29FO3. The Bertz CT molecular complexity index is 827. The van der Waals surface area contributed by atoms with Crippen LogP contribution in [0.15, 0.2) is 48.6 Å². The highest BCUT2D eigenvalue weighted by Crippen LogP contribution is 2.29. The molecule has 0 fully saturated rings. The zero-order valence-corrected chi connectivity index (χ0v) is 16.8. The lowest BCUT2D eigenvalue weighted by molar-refractivity contribution is -0.138. The van der Waals surface area contributed by atoms with Crippen LogP contribution in [0.3, 0.4) is 0 Å². The van der Waals surface area contributed by atoms with Crippen molar-refractivity contribution in [1.29, 1.82) is 0 Å². The maximum atomic E-state index is 14.8. The van der Waals surface area contributed by atoms with Crippen molar-refractivity contribution >= 4 is 5.97 Å². The van der Waals surface area contributed by atoms with E-state index >= 15 is 0 Å². The SMILES string of the molecule is C=C(C)C(=O)OCCc1cc(CCCO)ccc1-c1ccc(CCC)cc1F. The third-order valence-corrected chi connectivity index (χ3v) is 4.61. The smallest absolute Gasteiger partial charge is 0.333 e. The van der Waals surface area contributed by atoms with E-state index in [1.54, 1.807) is 13.0 Å². The van der Waals surface area contributed by atoms with E-state index in [9.17, 15) is 9.18 Å². The molecule has 1 N–H and O–H groups in total. The Labute approximate surface area is 166 Å². The Morgan fingerprint density at radius 3 is 2.36 bits per heavy atom. The lowest BCUT2D eigenvalue weighted by atomic mass is 9.93. The number of ether oxygens (including phenoxy) is 1. The monoisotopic (exact) mass is 384 g/mol. The third kappa shape index (κ3) is 6.03. The summed E-state index contributed by atoms with van der Waals surface area (Å²) >= 11 is 0. The molecule has 0 aromatic heterocycles. The van der Waals surface area contributed by atoms with Gasteiger partial charge in [-0.2, -0.15) is 0 Å². The van der Waals surface area contributed by atoms with Gasteiger partial charge in [0.1, 0.15) is 5.82 Å². The van der Waals surface area contributed by atoms with Gasteiger partial charge in [0.2, 0.25) is 0 Å². The number of hydrogen-bond donors (Lipinski definition) is 1. The van der Waals surface area contributed by atoms with Crippen LogP contribution in [0.4, 0.5) is 4.39 Å². The van der Waals surface area contributed by atoms with Gasteiger partial charge < -0.3 is 9.84 Å². The van der Waals surface area contributed by atoms with Gasteiger partial charge in [0.05, 0.1) is 6.61 Å². The first-order valence-electron chi connectivity index (χ1n) is 9.80. The predicted octanol–water partition coefficient (Wildman–Crippen LogP) is 5.03. The molecule has 150 valence electrons. The quantitative estimate of drug-likeness (QED) is 0.461. The molecule has 0 aliphatic heterocycles. The number of carbonyl (C=O) groups is 1. The zero-order chi connectivity index (χ0) is 20.5. The molecule has 0 atom stereocenters. The van der Waals surface area contributed by atoms with E-state index in [1.165, 1.54) is 0 Å². The number of hydrogen-bond acceptors (Lipinski definition) is 3. The van der Waals surface area contributed by atoms with Crippen LogP contribution in [0.5, 0.6) is 0 Å². The molecule has 0 saturated heterocycles. The fraction of sp³-hybridized carbons (Fsp3) is 0.375. The molecule has 0 bridgehead atoms. The number of aliphatic hydroxyl groups is 1. The Morgan fingerprint density at radius 1 is 1.07 bits per heavy atom. The fourth-order valence-corrected chi connectivity index (χ4v) is 3.15. The summed E-state index contributed by atoms with van der Waals surface area (Å²) in [7, 11) is 0. The number of aliphatic hydroxyl groups excluding tert-OH is 1. The van der Waals surface area contributed by atoms with E-state index < -0.39 is 5.97 Å². The number of halogens is 1. The first-order chi connectivity index (χ1) is 13.5. The Morgan fingerprint density at radius 2 is 1.75 bits per heavy atom. The number of rotatable bonds is 10. The Kier molecular flexibility index (Phi) is 8.40. The van der Waals surface area contributed by atoms with Gasteiger partial charge in [0.25, 0.3) is 0 Å². The average Bonchev–Trinajstić information content (AvgIpc) is 2.67. The summed E-state index contributed by atoms with van der Waals surface area (Å²) in [4.78, 5) is 11.6. The molecule has 3 nitrogen and oxygen atoms in total. The zero-order valence-electron chi connectivity index (χ0n) is 16.8. The van der Waals surface area contributed by atoms with Gasteiger partial charge >= 0.3 is 5.97 Å². The molecule has 2 rings (SSSR count). The number of benzene rings is 2. The van der Waals surface area contributed by atoms with E-state index in [4.69, 9.17) is 9.84 Å². The van der Waals surface area contributed by atoms with Crippen LogP contribution in [0.1, 0.15) is 43.4 Å². The molecule has 4 heteroatoms. The van der Waals surface area contributed by atoms with E-state index in [-0.39, 0.29) is 19.0 Å². The van der Waals surface area contributed by atoms with E-state index in [1.807, 2.05) is 30.3 Å². The summed E-state index contributed by atoms with van der Waals surface area (Å²) < 4.78 is 20.0. The van der Waals surface area contributed by atoms with Crippen molar-refractivity contribution in [2.75, 3.05) is 13.2 Å². The molecular weight excluding hydrogens is 355 g/mol. The van der Waals surface area contributed by atoms with Crippen LogP contribution in [0.25, 0.3) is 11.1 Å². The molecule has 2 aromatic rings. The predicted molar refractivity (Wildman–Crippen MR) is 111 cm³/mol.